The van der Waals surface area contributed by atoms with Crippen molar-refractivity contribution in [3.8, 4) is 5.75 Å². The van der Waals surface area contributed by atoms with Gasteiger partial charge >= 0.3 is 0 Å². The second kappa shape index (κ2) is 5.88. The number of ether oxygens (including phenoxy) is 2. The van der Waals surface area contributed by atoms with Gasteiger partial charge in [-0.15, -0.1) is 0 Å². The zero-order chi connectivity index (χ0) is 13.8. The second-order valence-electron chi connectivity index (χ2n) is 4.65. The zero-order valence-corrected chi connectivity index (χ0v) is 11.1. The Bertz CT molecular complexity index is 464. The SMILES string of the molecule is COc1ccc(NCC2CCOC2C)c([N+](=O)[O-])c1. The number of hydrogen-bond acceptors (Lipinski definition) is 5. The number of anilines is 1. The lowest BCUT2D eigenvalue weighted by Gasteiger charge is -2.15. The first-order valence-electron chi connectivity index (χ1n) is 6.29. The van der Waals surface area contributed by atoms with Gasteiger partial charge in [-0.3, -0.25) is 10.1 Å². The van der Waals surface area contributed by atoms with E-state index in [9.17, 15) is 10.1 Å². The van der Waals surface area contributed by atoms with Gasteiger partial charge in [0.15, 0.2) is 0 Å². The minimum Gasteiger partial charge on any atom is -0.496 e. The maximum Gasteiger partial charge on any atom is 0.296 e. The van der Waals surface area contributed by atoms with E-state index in [4.69, 9.17) is 9.47 Å². The van der Waals surface area contributed by atoms with Crippen LogP contribution in [0.5, 0.6) is 5.75 Å². The monoisotopic (exact) mass is 266 g/mol. The average molecular weight is 266 g/mol. The molecule has 6 nitrogen and oxygen atoms in total. The Morgan fingerprint density at radius 2 is 2.37 bits per heavy atom. The van der Waals surface area contributed by atoms with Crippen molar-refractivity contribution in [2.45, 2.75) is 19.4 Å². The molecule has 1 fully saturated rings. The molecule has 19 heavy (non-hydrogen) atoms. The first-order chi connectivity index (χ1) is 9.11. The Balaban J connectivity index is 2.08. The van der Waals surface area contributed by atoms with Crippen LogP contribution < -0.4 is 10.1 Å². The highest BCUT2D eigenvalue weighted by Crippen LogP contribution is 2.30. The number of methoxy groups -OCH3 is 1. The summed E-state index contributed by atoms with van der Waals surface area (Å²) in [5.74, 6) is 0.872. The summed E-state index contributed by atoms with van der Waals surface area (Å²) in [7, 11) is 1.49. The van der Waals surface area contributed by atoms with Gasteiger partial charge < -0.3 is 14.8 Å². The van der Waals surface area contributed by atoms with Crippen molar-refractivity contribution in [2.75, 3.05) is 25.6 Å². The van der Waals surface area contributed by atoms with Crippen LogP contribution in [0.1, 0.15) is 13.3 Å². The smallest absolute Gasteiger partial charge is 0.296 e. The van der Waals surface area contributed by atoms with Gasteiger partial charge in [0.25, 0.3) is 5.69 Å². The summed E-state index contributed by atoms with van der Waals surface area (Å²) >= 11 is 0. The molecular formula is C13H18N2O4. The summed E-state index contributed by atoms with van der Waals surface area (Å²) in [6.07, 6.45) is 1.18. The van der Waals surface area contributed by atoms with Gasteiger partial charge in [0.05, 0.1) is 24.2 Å². The van der Waals surface area contributed by atoms with Crippen LogP contribution in [0.2, 0.25) is 0 Å². The quantitative estimate of drug-likeness (QED) is 0.654. The standard InChI is InChI=1S/C13H18N2O4/c1-9-10(5-6-19-9)8-14-12-4-3-11(18-2)7-13(12)15(16)17/h3-4,7,9-10,14H,5-6,8H2,1-2H3. The molecule has 0 radical (unpaired) electrons. The van der Waals surface area contributed by atoms with Gasteiger partial charge in [-0.2, -0.15) is 0 Å². The van der Waals surface area contributed by atoms with Gasteiger partial charge in [-0.05, 0) is 25.5 Å². The van der Waals surface area contributed by atoms with E-state index in [0.29, 0.717) is 23.9 Å². The Hall–Kier alpha value is -1.82. The number of hydrogen-bond donors (Lipinski definition) is 1. The van der Waals surface area contributed by atoms with Crippen molar-refractivity contribution < 1.29 is 14.4 Å². The van der Waals surface area contributed by atoms with Gasteiger partial charge in [-0.25, -0.2) is 0 Å². The third kappa shape index (κ3) is 3.14. The van der Waals surface area contributed by atoms with Crippen molar-refractivity contribution in [1.29, 1.82) is 0 Å². The maximum absolute atomic E-state index is 11.0. The minimum atomic E-state index is -0.403. The van der Waals surface area contributed by atoms with Crippen molar-refractivity contribution in [1.82, 2.24) is 0 Å². The highest BCUT2D eigenvalue weighted by atomic mass is 16.6. The summed E-state index contributed by atoms with van der Waals surface area (Å²) in [6, 6.07) is 4.82. The van der Waals surface area contributed by atoms with E-state index < -0.39 is 4.92 Å². The van der Waals surface area contributed by atoms with Crippen LogP contribution >= 0.6 is 0 Å². The fourth-order valence-electron chi connectivity index (χ4n) is 2.22. The van der Waals surface area contributed by atoms with Crippen molar-refractivity contribution in [3.63, 3.8) is 0 Å². The van der Waals surface area contributed by atoms with Crippen molar-refractivity contribution in [2.24, 2.45) is 5.92 Å². The molecule has 1 aliphatic heterocycles. The predicted molar refractivity (Wildman–Crippen MR) is 71.7 cm³/mol. The van der Waals surface area contributed by atoms with E-state index in [1.165, 1.54) is 13.2 Å². The Labute approximate surface area is 111 Å². The molecule has 6 heteroatoms. The van der Waals surface area contributed by atoms with Crippen LogP contribution in [-0.4, -0.2) is 31.3 Å². The topological polar surface area (TPSA) is 73.6 Å². The second-order valence-corrected chi connectivity index (χ2v) is 4.65. The van der Waals surface area contributed by atoms with Gasteiger partial charge in [0.1, 0.15) is 11.4 Å². The van der Waals surface area contributed by atoms with Crippen molar-refractivity contribution in [3.05, 3.63) is 28.3 Å². The number of nitrogens with zero attached hydrogens (tertiary/aromatic N) is 1. The van der Waals surface area contributed by atoms with E-state index in [1.807, 2.05) is 6.92 Å². The highest BCUT2D eigenvalue weighted by molar-refractivity contribution is 5.63. The first kappa shape index (κ1) is 13.6. The molecule has 1 saturated heterocycles. The third-order valence-electron chi connectivity index (χ3n) is 3.49. The summed E-state index contributed by atoms with van der Waals surface area (Å²) in [5.41, 5.74) is 0.552. The molecule has 1 N–H and O–H groups in total. The lowest BCUT2D eigenvalue weighted by molar-refractivity contribution is -0.384. The van der Waals surface area contributed by atoms with Crippen LogP contribution in [0, 0.1) is 16.0 Å². The molecule has 2 atom stereocenters. The fourth-order valence-corrected chi connectivity index (χ4v) is 2.22. The van der Waals surface area contributed by atoms with E-state index in [1.54, 1.807) is 12.1 Å². The molecule has 1 aromatic rings. The molecule has 1 heterocycles. The fraction of sp³-hybridized carbons (Fsp3) is 0.538. The molecular weight excluding hydrogens is 248 g/mol. The molecule has 0 aromatic heterocycles. The number of nitrogens with one attached hydrogen (secondary N) is 1. The molecule has 0 amide bonds. The number of benzene rings is 1. The van der Waals surface area contributed by atoms with Gasteiger partial charge in [0, 0.05) is 19.1 Å². The van der Waals surface area contributed by atoms with Crippen LogP contribution in [0.3, 0.4) is 0 Å². The average Bonchev–Trinajstić information content (AvgIpc) is 2.81. The predicted octanol–water partition coefficient (Wildman–Crippen LogP) is 2.44. The molecule has 2 rings (SSSR count). The first-order valence-corrected chi connectivity index (χ1v) is 6.29. The van der Waals surface area contributed by atoms with Crippen LogP contribution in [-0.2, 0) is 4.74 Å². The summed E-state index contributed by atoms with van der Waals surface area (Å²) in [6.45, 7) is 3.47. The normalized spacial score (nSPS) is 22.2. The van der Waals surface area contributed by atoms with E-state index >= 15 is 0 Å². The van der Waals surface area contributed by atoms with Crippen molar-refractivity contribution >= 4 is 11.4 Å². The molecule has 0 aliphatic carbocycles. The number of nitro benzene ring substituents is 1. The van der Waals surface area contributed by atoms with Crippen LogP contribution in [0.25, 0.3) is 0 Å². The summed E-state index contributed by atoms with van der Waals surface area (Å²) in [4.78, 5) is 10.6. The molecule has 1 aromatic carbocycles. The molecule has 0 bridgehead atoms. The van der Waals surface area contributed by atoms with E-state index in [2.05, 4.69) is 5.32 Å². The van der Waals surface area contributed by atoms with Gasteiger partial charge in [0.2, 0.25) is 0 Å². The lowest BCUT2D eigenvalue weighted by atomic mass is 10.0. The largest absolute Gasteiger partial charge is 0.496 e. The third-order valence-corrected chi connectivity index (χ3v) is 3.49. The Morgan fingerprint density at radius 3 is 2.95 bits per heavy atom. The summed E-state index contributed by atoms with van der Waals surface area (Å²) in [5, 5.41) is 14.2. The van der Waals surface area contributed by atoms with Crippen LogP contribution in [0.4, 0.5) is 11.4 Å². The highest BCUT2D eigenvalue weighted by Gasteiger charge is 2.25. The van der Waals surface area contributed by atoms with Gasteiger partial charge in [-0.1, -0.05) is 0 Å². The molecule has 104 valence electrons. The Morgan fingerprint density at radius 1 is 1.58 bits per heavy atom. The molecule has 2 unspecified atom stereocenters. The lowest BCUT2D eigenvalue weighted by Crippen LogP contribution is -2.21. The number of nitro groups is 1. The maximum atomic E-state index is 11.0. The number of rotatable bonds is 5. The molecule has 1 aliphatic rings. The zero-order valence-electron chi connectivity index (χ0n) is 11.1. The van der Waals surface area contributed by atoms with Crippen LogP contribution in [0.15, 0.2) is 18.2 Å². The van der Waals surface area contributed by atoms with E-state index in [-0.39, 0.29) is 11.8 Å². The van der Waals surface area contributed by atoms with E-state index in [0.717, 1.165) is 13.0 Å². The summed E-state index contributed by atoms with van der Waals surface area (Å²) < 4.78 is 10.5. The Kier molecular flexibility index (Phi) is 4.21. The molecule has 0 saturated carbocycles. The minimum absolute atomic E-state index is 0.0333. The molecule has 0 spiro atoms.